The SMILES string of the molecule is CCCC1CCCC(C(=O)c2n[nH]c(Cc3ccc(-c4ccccc4-c4nn[nH]n4)nc3)n2)C1. The summed E-state index contributed by atoms with van der Waals surface area (Å²) in [6, 6.07) is 11.8. The van der Waals surface area contributed by atoms with Crippen LogP contribution in [0.5, 0.6) is 0 Å². The van der Waals surface area contributed by atoms with E-state index in [1.54, 1.807) is 0 Å². The maximum Gasteiger partial charge on any atom is 0.217 e. The Hall–Kier alpha value is -3.75. The van der Waals surface area contributed by atoms with E-state index in [1.807, 2.05) is 42.6 Å². The summed E-state index contributed by atoms with van der Waals surface area (Å²) >= 11 is 0. The second-order valence-electron chi connectivity index (χ2n) is 9.00. The molecule has 1 saturated carbocycles. The number of carbonyl (C=O) groups is 1. The second-order valence-corrected chi connectivity index (χ2v) is 9.00. The third kappa shape index (κ3) is 4.78. The molecule has 0 spiro atoms. The molecule has 0 bridgehead atoms. The van der Waals surface area contributed by atoms with Crippen molar-refractivity contribution >= 4 is 5.78 Å². The van der Waals surface area contributed by atoms with Crippen LogP contribution in [-0.4, -0.2) is 46.6 Å². The second kappa shape index (κ2) is 10.0. The number of nitrogens with one attached hydrogen (secondary N) is 2. The number of carbonyl (C=O) groups excluding carboxylic acids is 1. The number of nitrogens with zero attached hydrogens (tertiary/aromatic N) is 6. The van der Waals surface area contributed by atoms with Gasteiger partial charge in [0.2, 0.25) is 17.4 Å². The molecule has 2 N–H and O–H groups in total. The maximum absolute atomic E-state index is 13.0. The highest BCUT2D eigenvalue weighted by Crippen LogP contribution is 2.33. The molecular weight excluding hydrogens is 428 g/mol. The number of H-pyrrole nitrogens is 2. The Balaban J connectivity index is 1.27. The van der Waals surface area contributed by atoms with Gasteiger partial charge in [-0.05, 0) is 35.6 Å². The van der Waals surface area contributed by atoms with Gasteiger partial charge in [-0.15, -0.1) is 10.2 Å². The minimum absolute atomic E-state index is 0.0502. The first-order chi connectivity index (χ1) is 16.7. The van der Waals surface area contributed by atoms with Gasteiger partial charge in [0.05, 0.1) is 5.69 Å². The van der Waals surface area contributed by atoms with Crippen LogP contribution in [0.1, 0.15) is 67.5 Å². The van der Waals surface area contributed by atoms with Crippen LogP contribution in [0.3, 0.4) is 0 Å². The lowest BCUT2D eigenvalue weighted by Gasteiger charge is -2.27. The van der Waals surface area contributed by atoms with Gasteiger partial charge in [-0.25, -0.2) is 4.98 Å². The predicted molar refractivity (Wildman–Crippen MR) is 127 cm³/mol. The van der Waals surface area contributed by atoms with Crippen molar-refractivity contribution in [3.63, 3.8) is 0 Å². The standard InChI is InChI=1S/C25H28N8O/c1-2-6-16-7-5-8-18(13-16)23(34)25-27-22(28-29-25)14-17-11-12-21(26-15-17)19-9-3-4-10-20(19)24-30-32-33-31-24/h3-4,9-12,15-16,18H,2,5-8,13-14H2,1H3,(H,27,28,29)(H,30,31,32,33). The van der Waals surface area contributed by atoms with E-state index in [2.05, 4.69) is 47.7 Å². The van der Waals surface area contributed by atoms with Crippen LogP contribution in [0.25, 0.3) is 22.6 Å². The quantitative estimate of drug-likeness (QED) is 0.376. The minimum Gasteiger partial charge on any atom is -0.290 e. The summed E-state index contributed by atoms with van der Waals surface area (Å²) in [5.74, 6) is 2.30. The molecular formula is C25H28N8O. The van der Waals surface area contributed by atoms with Crippen LogP contribution in [0.15, 0.2) is 42.6 Å². The largest absolute Gasteiger partial charge is 0.290 e. The van der Waals surface area contributed by atoms with E-state index in [9.17, 15) is 4.79 Å². The van der Waals surface area contributed by atoms with Crippen LogP contribution in [0.4, 0.5) is 0 Å². The highest BCUT2D eigenvalue weighted by molar-refractivity contribution is 5.94. The summed E-state index contributed by atoms with van der Waals surface area (Å²) < 4.78 is 0. The van der Waals surface area contributed by atoms with Crippen LogP contribution in [0.2, 0.25) is 0 Å². The first kappa shape index (κ1) is 22.1. The first-order valence-electron chi connectivity index (χ1n) is 11.9. The smallest absolute Gasteiger partial charge is 0.217 e. The Labute approximate surface area is 197 Å². The highest BCUT2D eigenvalue weighted by Gasteiger charge is 2.29. The molecule has 0 saturated heterocycles. The number of rotatable bonds is 8. The van der Waals surface area contributed by atoms with E-state index in [1.165, 1.54) is 19.3 Å². The highest BCUT2D eigenvalue weighted by atomic mass is 16.1. The van der Waals surface area contributed by atoms with Crippen molar-refractivity contribution < 1.29 is 4.79 Å². The molecule has 0 amide bonds. The number of hydrogen-bond donors (Lipinski definition) is 2. The average Bonchev–Trinajstić information content (AvgIpc) is 3.57. The van der Waals surface area contributed by atoms with Crippen LogP contribution in [0, 0.1) is 11.8 Å². The molecule has 0 aliphatic heterocycles. The van der Waals surface area contributed by atoms with Gasteiger partial charge in [0, 0.05) is 29.7 Å². The third-order valence-corrected chi connectivity index (χ3v) is 6.59. The summed E-state index contributed by atoms with van der Waals surface area (Å²) in [6.07, 6.45) is 8.99. The maximum atomic E-state index is 13.0. The summed E-state index contributed by atoms with van der Waals surface area (Å²) in [7, 11) is 0. The van der Waals surface area contributed by atoms with Crippen molar-refractivity contribution in [3.05, 3.63) is 59.8 Å². The van der Waals surface area contributed by atoms with Crippen LogP contribution < -0.4 is 0 Å². The summed E-state index contributed by atoms with van der Waals surface area (Å²) in [4.78, 5) is 22.1. The van der Waals surface area contributed by atoms with Gasteiger partial charge < -0.3 is 0 Å². The first-order valence-corrected chi connectivity index (χ1v) is 11.9. The third-order valence-electron chi connectivity index (χ3n) is 6.59. The Morgan fingerprint density at radius 3 is 2.74 bits per heavy atom. The van der Waals surface area contributed by atoms with Crippen molar-refractivity contribution in [1.29, 1.82) is 0 Å². The van der Waals surface area contributed by atoms with Gasteiger partial charge in [0.15, 0.2) is 0 Å². The van der Waals surface area contributed by atoms with E-state index >= 15 is 0 Å². The predicted octanol–water partition coefficient (Wildman–Crippen LogP) is 4.43. The van der Waals surface area contributed by atoms with Crippen molar-refractivity contribution in [2.75, 3.05) is 0 Å². The Morgan fingerprint density at radius 2 is 1.97 bits per heavy atom. The minimum atomic E-state index is 0.0502. The molecule has 1 aromatic carbocycles. The number of benzene rings is 1. The molecule has 4 aromatic rings. The van der Waals surface area contributed by atoms with E-state index in [0.29, 0.717) is 29.8 Å². The molecule has 9 nitrogen and oxygen atoms in total. The number of pyridine rings is 1. The molecule has 1 aliphatic rings. The zero-order valence-electron chi connectivity index (χ0n) is 19.2. The number of aromatic nitrogens is 8. The van der Waals surface area contributed by atoms with Crippen LogP contribution >= 0.6 is 0 Å². The van der Waals surface area contributed by atoms with Gasteiger partial charge in [0.1, 0.15) is 5.82 Å². The molecule has 0 radical (unpaired) electrons. The lowest BCUT2D eigenvalue weighted by atomic mass is 9.77. The lowest BCUT2D eigenvalue weighted by Crippen LogP contribution is -2.24. The Morgan fingerprint density at radius 1 is 1.09 bits per heavy atom. The van der Waals surface area contributed by atoms with Crippen molar-refractivity contribution in [2.24, 2.45) is 11.8 Å². The Kier molecular flexibility index (Phi) is 6.51. The topological polar surface area (TPSA) is 126 Å². The fraction of sp³-hybridized carbons (Fsp3) is 0.400. The van der Waals surface area contributed by atoms with Gasteiger partial charge in [-0.2, -0.15) is 10.3 Å². The van der Waals surface area contributed by atoms with Gasteiger partial charge in [0.25, 0.3) is 0 Å². The van der Waals surface area contributed by atoms with Crippen molar-refractivity contribution in [2.45, 2.75) is 51.9 Å². The number of aromatic amines is 2. The van der Waals surface area contributed by atoms with E-state index < -0.39 is 0 Å². The normalized spacial score (nSPS) is 18.1. The van der Waals surface area contributed by atoms with Crippen molar-refractivity contribution in [3.8, 4) is 22.6 Å². The van der Waals surface area contributed by atoms with Gasteiger partial charge in [-0.1, -0.05) is 62.9 Å². The molecule has 174 valence electrons. The van der Waals surface area contributed by atoms with Crippen LogP contribution in [-0.2, 0) is 6.42 Å². The van der Waals surface area contributed by atoms with E-state index in [4.69, 9.17) is 0 Å². The zero-order chi connectivity index (χ0) is 23.3. The molecule has 34 heavy (non-hydrogen) atoms. The summed E-state index contributed by atoms with van der Waals surface area (Å²) in [6.45, 7) is 2.21. The van der Waals surface area contributed by atoms with E-state index in [0.717, 1.165) is 41.6 Å². The number of ketones is 1. The number of Topliss-reactive ketones (excluding diaryl/α,β-unsaturated/α-hetero) is 1. The summed E-state index contributed by atoms with van der Waals surface area (Å²) in [5, 5.41) is 21.5. The molecule has 2 atom stereocenters. The molecule has 1 aliphatic carbocycles. The zero-order valence-corrected chi connectivity index (χ0v) is 19.2. The Bertz CT molecular complexity index is 1230. The fourth-order valence-electron chi connectivity index (χ4n) is 4.93. The molecule has 3 heterocycles. The van der Waals surface area contributed by atoms with E-state index in [-0.39, 0.29) is 11.7 Å². The molecule has 2 unspecified atom stereocenters. The molecule has 5 rings (SSSR count). The number of tetrazole rings is 1. The monoisotopic (exact) mass is 456 g/mol. The van der Waals surface area contributed by atoms with Gasteiger partial charge >= 0.3 is 0 Å². The number of hydrogen-bond acceptors (Lipinski definition) is 7. The molecule has 9 heteroatoms. The lowest BCUT2D eigenvalue weighted by molar-refractivity contribution is 0.0849. The molecule has 1 fully saturated rings. The fourth-order valence-corrected chi connectivity index (χ4v) is 4.93. The summed E-state index contributed by atoms with van der Waals surface area (Å²) in [5.41, 5.74) is 3.59. The van der Waals surface area contributed by atoms with Gasteiger partial charge in [-0.3, -0.25) is 14.9 Å². The molecule has 3 aromatic heterocycles. The van der Waals surface area contributed by atoms with Crippen molar-refractivity contribution in [1.82, 2.24) is 40.8 Å². The average molecular weight is 457 g/mol.